The Kier molecular flexibility index (Phi) is 4.86. The summed E-state index contributed by atoms with van der Waals surface area (Å²) in [4.78, 5) is 14.7. The van der Waals surface area contributed by atoms with Crippen LogP contribution in [0.15, 0.2) is 54.6 Å². The quantitative estimate of drug-likeness (QED) is 0.899. The fourth-order valence-electron chi connectivity index (χ4n) is 3.29. The molecule has 0 spiro atoms. The van der Waals surface area contributed by atoms with Crippen molar-refractivity contribution < 1.29 is 4.79 Å². The molecule has 2 aromatic carbocycles. The smallest absolute Gasteiger partial charge is 0.319 e. The Morgan fingerprint density at radius 2 is 1.96 bits per heavy atom. The van der Waals surface area contributed by atoms with Crippen molar-refractivity contribution in [3.63, 3.8) is 0 Å². The minimum atomic E-state index is -0.192. The highest BCUT2D eigenvalue weighted by Crippen LogP contribution is 2.23. The first-order chi connectivity index (χ1) is 11.5. The number of carbonyl (C=O) groups is 1. The van der Waals surface area contributed by atoms with Crippen molar-refractivity contribution in [2.24, 2.45) is 0 Å². The second-order valence-electron chi connectivity index (χ2n) is 6.96. The van der Waals surface area contributed by atoms with Crippen molar-refractivity contribution in [2.45, 2.75) is 32.4 Å². The van der Waals surface area contributed by atoms with Crippen LogP contribution in [0.2, 0.25) is 0 Å². The van der Waals surface area contributed by atoms with Crippen LogP contribution in [0.25, 0.3) is 0 Å². The van der Waals surface area contributed by atoms with E-state index in [0.29, 0.717) is 0 Å². The summed E-state index contributed by atoms with van der Waals surface area (Å²) < 4.78 is 0. The molecule has 4 nitrogen and oxygen atoms in total. The van der Waals surface area contributed by atoms with Crippen molar-refractivity contribution in [1.29, 1.82) is 0 Å². The zero-order valence-corrected chi connectivity index (χ0v) is 14.4. The SMILES string of the molecule is Cc1cccc(NC(=O)NC2(C)CCN(Cc3ccccc3)C2)c1. The van der Waals surface area contributed by atoms with E-state index in [0.717, 1.165) is 37.3 Å². The molecule has 3 rings (SSSR count). The third-order valence-electron chi connectivity index (χ3n) is 4.49. The molecule has 1 atom stereocenters. The molecule has 2 amide bonds. The molecule has 0 saturated carbocycles. The van der Waals surface area contributed by atoms with Gasteiger partial charge in [-0.25, -0.2) is 4.79 Å². The predicted molar refractivity (Wildman–Crippen MR) is 98.1 cm³/mol. The van der Waals surface area contributed by atoms with E-state index in [-0.39, 0.29) is 11.6 Å². The Morgan fingerprint density at radius 3 is 2.71 bits per heavy atom. The van der Waals surface area contributed by atoms with Gasteiger partial charge in [-0.1, -0.05) is 42.5 Å². The Balaban J connectivity index is 1.54. The number of anilines is 1. The van der Waals surface area contributed by atoms with Crippen molar-refractivity contribution in [2.75, 3.05) is 18.4 Å². The molecule has 2 aromatic rings. The molecule has 0 aromatic heterocycles. The monoisotopic (exact) mass is 323 g/mol. The average Bonchev–Trinajstić information content (AvgIpc) is 2.88. The summed E-state index contributed by atoms with van der Waals surface area (Å²) in [6.07, 6.45) is 0.959. The van der Waals surface area contributed by atoms with Gasteiger partial charge < -0.3 is 10.6 Å². The predicted octanol–water partition coefficient (Wildman–Crippen LogP) is 3.78. The minimum Gasteiger partial charge on any atom is -0.331 e. The maximum atomic E-state index is 12.3. The Bertz CT molecular complexity index is 701. The van der Waals surface area contributed by atoms with Gasteiger partial charge in [0.15, 0.2) is 0 Å². The number of likely N-dealkylation sites (tertiary alicyclic amines) is 1. The fraction of sp³-hybridized carbons (Fsp3) is 0.350. The highest BCUT2D eigenvalue weighted by atomic mass is 16.2. The first-order valence-corrected chi connectivity index (χ1v) is 8.45. The van der Waals surface area contributed by atoms with E-state index >= 15 is 0 Å². The number of benzene rings is 2. The molecule has 2 N–H and O–H groups in total. The number of rotatable bonds is 4. The van der Waals surface area contributed by atoms with Gasteiger partial charge in [-0.2, -0.15) is 0 Å². The van der Waals surface area contributed by atoms with Crippen molar-refractivity contribution in [3.8, 4) is 0 Å². The third-order valence-corrected chi connectivity index (χ3v) is 4.49. The second-order valence-corrected chi connectivity index (χ2v) is 6.96. The standard InChI is InChI=1S/C20H25N3O/c1-16-7-6-10-18(13-16)21-19(24)22-20(2)11-12-23(15-20)14-17-8-4-3-5-9-17/h3-10,13H,11-12,14-15H2,1-2H3,(H2,21,22,24). The third kappa shape index (κ3) is 4.36. The Hall–Kier alpha value is -2.33. The van der Waals surface area contributed by atoms with Crippen LogP contribution in [-0.4, -0.2) is 29.6 Å². The summed E-state index contributed by atoms with van der Waals surface area (Å²) in [7, 11) is 0. The van der Waals surface area contributed by atoms with Gasteiger partial charge in [0.1, 0.15) is 0 Å². The van der Waals surface area contributed by atoms with Crippen LogP contribution in [0, 0.1) is 6.92 Å². The number of carbonyl (C=O) groups excluding carboxylic acids is 1. The number of aryl methyl sites for hydroxylation is 1. The van der Waals surface area contributed by atoms with Gasteiger partial charge in [0, 0.05) is 25.3 Å². The molecule has 1 aliphatic heterocycles. The summed E-state index contributed by atoms with van der Waals surface area (Å²) in [6, 6.07) is 18.2. The lowest BCUT2D eigenvalue weighted by atomic mass is 10.0. The highest BCUT2D eigenvalue weighted by Gasteiger charge is 2.34. The molecule has 0 radical (unpaired) electrons. The number of nitrogens with one attached hydrogen (secondary N) is 2. The van der Waals surface area contributed by atoms with E-state index in [1.165, 1.54) is 5.56 Å². The molecular formula is C20H25N3O. The van der Waals surface area contributed by atoms with Crippen molar-refractivity contribution in [1.82, 2.24) is 10.2 Å². The highest BCUT2D eigenvalue weighted by molar-refractivity contribution is 5.89. The molecule has 1 saturated heterocycles. The van der Waals surface area contributed by atoms with E-state index < -0.39 is 0 Å². The zero-order chi connectivity index (χ0) is 17.0. The molecule has 0 aliphatic carbocycles. The number of nitrogens with zero attached hydrogens (tertiary/aromatic N) is 1. The topological polar surface area (TPSA) is 44.4 Å². The van der Waals surface area contributed by atoms with Crippen LogP contribution in [0.1, 0.15) is 24.5 Å². The minimum absolute atomic E-state index is 0.135. The normalized spacial score (nSPS) is 20.8. The van der Waals surface area contributed by atoms with Crippen LogP contribution in [0.4, 0.5) is 10.5 Å². The van der Waals surface area contributed by atoms with E-state index in [1.54, 1.807) is 0 Å². The average molecular weight is 323 g/mol. The summed E-state index contributed by atoms with van der Waals surface area (Å²) in [5.74, 6) is 0. The summed E-state index contributed by atoms with van der Waals surface area (Å²) in [6.45, 7) is 6.92. The number of hydrogen-bond donors (Lipinski definition) is 2. The van der Waals surface area contributed by atoms with Gasteiger partial charge in [0.05, 0.1) is 5.54 Å². The molecule has 0 bridgehead atoms. The van der Waals surface area contributed by atoms with Crippen LogP contribution in [0.5, 0.6) is 0 Å². The molecular weight excluding hydrogens is 298 g/mol. The van der Waals surface area contributed by atoms with E-state index in [9.17, 15) is 4.79 Å². The fourth-order valence-corrected chi connectivity index (χ4v) is 3.29. The largest absolute Gasteiger partial charge is 0.331 e. The molecule has 1 unspecified atom stereocenters. The molecule has 24 heavy (non-hydrogen) atoms. The number of amides is 2. The number of urea groups is 1. The second kappa shape index (κ2) is 7.05. The Morgan fingerprint density at radius 1 is 1.17 bits per heavy atom. The van der Waals surface area contributed by atoms with Gasteiger partial charge in [0.2, 0.25) is 0 Å². The molecule has 1 aliphatic rings. The van der Waals surface area contributed by atoms with Gasteiger partial charge in [0.25, 0.3) is 0 Å². The van der Waals surface area contributed by atoms with Crippen molar-refractivity contribution in [3.05, 3.63) is 65.7 Å². The molecule has 1 fully saturated rings. The van der Waals surface area contributed by atoms with Gasteiger partial charge in [-0.3, -0.25) is 4.90 Å². The summed E-state index contributed by atoms with van der Waals surface area (Å²) in [5.41, 5.74) is 3.08. The lowest BCUT2D eigenvalue weighted by Crippen LogP contribution is -2.49. The van der Waals surface area contributed by atoms with E-state index in [4.69, 9.17) is 0 Å². The van der Waals surface area contributed by atoms with Crippen LogP contribution in [-0.2, 0) is 6.54 Å². The molecule has 1 heterocycles. The lowest BCUT2D eigenvalue weighted by Gasteiger charge is -2.26. The first-order valence-electron chi connectivity index (χ1n) is 8.45. The lowest BCUT2D eigenvalue weighted by molar-refractivity contribution is 0.236. The summed E-state index contributed by atoms with van der Waals surface area (Å²) in [5, 5.41) is 6.08. The van der Waals surface area contributed by atoms with Gasteiger partial charge in [-0.15, -0.1) is 0 Å². The van der Waals surface area contributed by atoms with Gasteiger partial charge in [-0.05, 0) is 43.5 Å². The van der Waals surface area contributed by atoms with Crippen LogP contribution in [0.3, 0.4) is 0 Å². The van der Waals surface area contributed by atoms with E-state index in [1.807, 2.05) is 37.3 Å². The zero-order valence-electron chi connectivity index (χ0n) is 14.4. The molecule has 4 heteroatoms. The first kappa shape index (κ1) is 16.5. The molecule has 126 valence electrons. The Labute approximate surface area is 143 Å². The maximum absolute atomic E-state index is 12.3. The van der Waals surface area contributed by atoms with Crippen molar-refractivity contribution >= 4 is 11.7 Å². The van der Waals surface area contributed by atoms with E-state index in [2.05, 4.69) is 46.7 Å². The van der Waals surface area contributed by atoms with Gasteiger partial charge >= 0.3 is 6.03 Å². The van der Waals surface area contributed by atoms with Crippen LogP contribution < -0.4 is 10.6 Å². The summed E-state index contributed by atoms with van der Waals surface area (Å²) >= 11 is 0. The maximum Gasteiger partial charge on any atom is 0.319 e. The van der Waals surface area contributed by atoms with Crippen LogP contribution >= 0.6 is 0 Å². The number of hydrogen-bond acceptors (Lipinski definition) is 2.